The summed E-state index contributed by atoms with van der Waals surface area (Å²) in [7, 11) is 0. The Morgan fingerprint density at radius 1 is 1.18 bits per heavy atom. The highest BCUT2D eigenvalue weighted by atomic mass is 16.5. The summed E-state index contributed by atoms with van der Waals surface area (Å²) in [5, 5.41) is 10.5. The van der Waals surface area contributed by atoms with E-state index in [0.29, 0.717) is 12.2 Å². The molecule has 0 aliphatic heterocycles. The van der Waals surface area contributed by atoms with Gasteiger partial charge in [-0.15, -0.1) is 0 Å². The van der Waals surface area contributed by atoms with Crippen molar-refractivity contribution in [2.24, 2.45) is 0 Å². The second kappa shape index (κ2) is 6.10. The maximum atomic E-state index is 12.5. The van der Waals surface area contributed by atoms with E-state index in [2.05, 4.69) is 6.92 Å². The van der Waals surface area contributed by atoms with Gasteiger partial charge < -0.3 is 14.2 Å². The number of esters is 1. The van der Waals surface area contributed by atoms with E-state index in [4.69, 9.17) is 4.74 Å². The van der Waals surface area contributed by atoms with Crippen LogP contribution in [0.1, 0.15) is 36.5 Å². The first-order valence-electron chi connectivity index (χ1n) is 7.61. The second-order valence-electron chi connectivity index (χ2n) is 5.38. The van der Waals surface area contributed by atoms with Crippen molar-refractivity contribution < 1.29 is 14.6 Å². The number of fused-ring (bicyclic) bond motifs is 3. The number of phenolic OH excluding ortho intramolecular Hbond substituents is 1. The lowest BCUT2D eigenvalue weighted by molar-refractivity contribution is 0.0502. The molecule has 1 N–H and O–H groups in total. The molecule has 0 radical (unpaired) electrons. The van der Waals surface area contributed by atoms with E-state index in [9.17, 15) is 9.90 Å². The van der Waals surface area contributed by atoms with Gasteiger partial charge in [-0.05, 0) is 30.7 Å². The fourth-order valence-electron chi connectivity index (χ4n) is 2.73. The summed E-state index contributed by atoms with van der Waals surface area (Å²) in [5.41, 5.74) is 2.16. The van der Waals surface area contributed by atoms with Crippen LogP contribution in [0.3, 0.4) is 0 Å². The van der Waals surface area contributed by atoms with E-state index in [0.717, 1.165) is 35.7 Å². The lowest BCUT2D eigenvalue weighted by atomic mass is 10.1. The molecule has 114 valence electrons. The number of pyridine rings is 1. The predicted octanol–water partition coefficient (Wildman–Crippen LogP) is 4.15. The maximum absolute atomic E-state index is 12.5. The molecule has 22 heavy (non-hydrogen) atoms. The van der Waals surface area contributed by atoms with E-state index in [-0.39, 0.29) is 11.7 Å². The van der Waals surface area contributed by atoms with Crippen LogP contribution in [-0.4, -0.2) is 22.1 Å². The monoisotopic (exact) mass is 297 g/mol. The summed E-state index contributed by atoms with van der Waals surface area (Å²) in [6.07, 6.45) is 4.91. The molecule has 0 atom stereocenters. The van der Waals surface area contributed by atoms with Gasteiger partial charge in [0.1, 0.15) is 5.75 Å². The fourth-order valence-corrected chi connectivity index (χ4v) is 2.73. The van der Waals surface area contributed by atoms with Crippen LogP contribution in [0.5, 0.6) is 5.75 Å². The van der Waals surface area contributed by atoms with E-state index in [1.807, 2.05) is 28.8 Å². The summed E-state index contributed by atoms with van der Waals surface area (Å²) in [4.78, 5) is 12.5. The van der Waals surface area contributed by atoms with E-state index >= 15 is 0 Å². The second-order valence-corrected chi connectivity index (χ2v) is 5.38. The van der Waals surface area contributed by atoms with Crippen molar-refractivity contribution in [3.63, 3.8) is 0 Å². The van der Waals surface area contributed by atoms with Gasteiger partial charge in [0.05, 0.1) is 23.2 Å². The smallest absolute Gasteiger partial charge is 0.340 e. The number of carbonyl (C=O) groups is 1. The van der Waals surface area contributed by atoms with Crippen LogP contribution >= 0.6 is 0 Å². The van der Waals surface area contributed by atoms with Crippen molar-refractivity contribution in [2.45, 2.75) is 26.2 Å². The number of rotatable bonds is 5. The van der Waals surface area contributed by atoms with Crippen LogP contribution in [0.15, 0.2) is 42.6 Å². The molecule has 0 amide bonds. The SMILES string of the molecule is CCCCCOC(=O)c1c2ccc(O)cc2n2ccccc12. The lowest BCUT2D eigenvalue weighted by Crippen LogP contribution is -2.06. The first-order valence-corrected chi connectivity index (χ1v) is 7.61. The standard InChI is InChI=1S/C18H19NO3/c1-2-3-6-11-22-18(21)17-14-9-8-13(20)12-16(14)19-10-5-4-7-15(17)19/h4-5,7-10,12,20H,2-3,6,11H2,1H3. The molecule has 2 heterocycles. The van der Waals surface area contributed by atoms with Gasteiger partial charge >= 0.3 is 5.97 Å². The molecule has 0 aliphatic carbocycles. The minimum absolute atomic E-state index is 0.179. The highest BCUT2D eigenvalue weighted by Gasteiger charge is 2.19. The molecule has 2 aromatic heterocycles. The first-order chi connectivity index (χ1) is 10.7. The highest BCUT2D eigenvalue weighted by Crippen LogP contribution is 2.29. The van der Waals surface area contributed by atoms with E-state index in [1.54, 1.807) is 18.2 Å². The normalized spacial score (nSPS) is 11.1. The number of hydrogen-bond acceptors (Lipinski definition) is 3. The highest BCUT2D eigenvalue weighted by molar-refractivity contribution is 6.11. The Labute approximate surface area is 128 Å². The zero-order chi connectivity index (χ0) is 15.5. The van der Waals surface area contributed by atoms with Gasteiger partial charge in [-0.3, -0.25) is 0 Å². The molecule has 4 heteroatoms. The molecule has 0 saturated carbocycles. The number of aromatic nitrogens is 1. The van der Waals surface area contributed by atoms with Crippen molar-refractivity contribution in [3.05, 3.63) is 48.2 Å². The molecule has 0 saturated heterocycles. The minimum Gasteiger partial charge on any atom is -0.508 e. The molecule has 0 fully saturated rings. The summed E-state index contributed by atoms with van der Waals surface area (Å²) >= 11 is 0. The Bertz CT molecular complexity index is 820. The Morgan fingerprint density at radius 3 is 2.86 bits per heavy atom. The van der Waals surface area contributed by atoms with Crippen LogP contribution in [0.4, 0.5) is 0 Å². The van der Waals surface area contributed by atoms with Gasteiger partial charge in [-0.25, -0.2) is 4.79 Å². The van der Waals surface area contributed by atoms with Crippen LogP contribution in [0, 0.1) is 0 Å². The number of nitrogens with zero attached hydrogens (tertiary/aromatic N) is 1. The molecule has 4 nitrogen and oxygen atoms in total. The van der Waals surface area contributed by atoms with Crippen LogP contribution in [0.2, 0.25) is 0 Å². The number of phenols is 1. The maximum Gasteiger partial charge on any atom is 0.340 e. The Kier molecular flexibility index (Phi) is 4.00. The van der Waals surface area contributed by atoms with Crippen molar-refractivity contribution in [2.75, 3.05) is 6.61 Å². The first kappa shape index (κ1) is 14.4. The summed E-state index contributed by atoms with van der Waals surface area (Å²) < 4.78 is 7.32. The number of ether oxygens (including phenoxy) is 1. The van der Waals surface area contributed by atoms with Gasteiger partial charge in [-0.1, -0.05) is 25.8 Å². The number of benzene rings is 1. The topological polar surface area (TPSA) is 50.9 Å². The van der Waals surface area contributed by atoms with Crippen LogP contribution in [-0.2, 0) is 4.74 Å². The lowest BCUT2D eigenvalue weighted by Gasteiger charge is -2.04. The summed E-state index contributed by atoms with van der Waals surface area (Å²) in [6.45, 7) is 2.56. The van der Waals surface area contributed by atoms with Crippen molar-refractivity contribution >= 4 is 22.4 Å². The molecule has 0 aliphatic rings. The summed E-state index contributed by atoms with van der Waals surface area (Å²) in [6, 6.07) is 10.7. The third kappa shape index (κ3) is 2.52. The number of aromatic hydroxyl groups is 1. The fraction of sp³-hybridized carbons (Fsp3) is 0.278. The average molecular weight is 297 g/mol. The molecule has 3 aromatic rings. The van der Waals surface area contributed by atoms with Crippen molar-refractivity contribution in [1.29, 1.82) is 0 Å². The van der Waals surface area contributed by atoms with Gasteiger partial charge in [0, 0.05) is 17.6 Å². The van der Waals surface area contributed by atoms with Gasteiger partial charge in [0.15, 0.2) is 0 Å². The molecular weight excluding hydrogens is 278 g/mol. The number of unbranched alkanes of at least 4 members (excludes halogenated alkanes) is 2. The largest absolute Gasteiger partial charge is 0.508 e. The van der Waals surface area contributed by atoms with Crippen molar-refractivity contribution in [1.82, 2.24) is 4.40 Å². The molecular formula is C18H19NO3. The Hall–Kier alpha value is -2.49. The predicted molar refractivity (Wildman–Crippen MR) is 86.4 cm³/mol. The zero-order valence-corrected chi connectivity index (χ0v) is 12.6. The third-order valence-electron chi connectivity index (χ3n) is 3.81. The molecule has 0 unspecified atom stereocenters. The minimum atomic E-state index is -0.305. The quantitative estimate of drug-likeness (QED) is 0.568. The van der Waals surface area contributed by atoms with Gasteiger partial charge in [-0.2, -0.15) is 0 Å². The molecule has 0 spiro atoms. The Balaban J connectivity index is 2.05. The third-order valence-corrected chi connectivity index (χ3v) is 3.81. The van der Waals surface area contributed by atoms with Crippen LogP contribution in [0.25, 0.3) is 16.4 Å². The number of carbonyl (C=O) groups excluding carboxylic acids is 1. The molecule has 0 bridgehead atoms. The Morgan fingerprint density at radius 2 is 2.05 bits per heavy atom. The molecule has 1 aromatic carbocycles. The summed E-state index contributed by atoms with van der Waals surface area (Å²) in [5.74, 6) is -0.126. The average Bonchev–Trinajstić information content (AvgIpc) is 2.85. The van der Waals surface area contributed by atoms with Crippen molar-refractivity contribution in [3.8, 4) is 5.75 Å². The van der Waals surface area contributed by atoms with Crippen LogP contribution < -0.4 is 0 Å². The van der Waals surface area contributed by atoms with E-state index in [1.165, 1.54) is 0 Å². The van der Waals surface area contributed by atoms with E-state index < -0.39 is 0 Å². The number of hydrogen-bond donors (Lipinski definition) is 1. The zero-order valence-electron chi connectivity index (χ0n) is 12.6. The molecule has 3 rings (SSSR count). The van der Waals surface area contributed by atoms with Gasteiger partial charge in [0.2, 0.25) is 0 Å². The van der Waals surface area contributed by atoms with Gasteiger partial charge in [0.25, 0.3) is 0 Å².